The number of rotatable bonds is 5. The van der Waals surface area contributed by atoms with Crippen LogP contribution in [0.3, 0.4) is 0 Å². The van der Waals surface area contributed by atoms with Crippen LogP contribution in [0, 0.1) is 5.92 Å². The maximum atomic E-state index is 4.20. The number of aromatic nitrogens is 3. The minimum absolute atomic E-state index is 0. The highest BCUT2D eigenvalue weighted by Gasteiger charge is 2.11. The number of nitrogens with zero attached hydrogens (tertiary/aromatic N) is 3. The fourth-order valence-electron chi connectivity index (χ4n) is 1.82. The van der Waals surface area contributed by atoms with Crippen LogP contribution in [0.15, 0.2) is 24.4 Å². The summed E-state index contributed by atoms with van der Waals surface area (Å²) < 4.78 is 2.02. The van der Waals surface area contributed by atoms with E-state index >= 15 is 0 Å². The van der Waals surface area contributed by atoms with E-state index in [0.717, 1.165) is 18.0 Å². The Kier molecular flexibility index (Phi) is 7.99. The molecule has 0 aliphatic carbocycles. The van der Waals surface area contributed by atoms with Crippen LogP contribution in [0.1, 0.15) is 33.0 Å². The van der Waals surface area contributed by atoms with E-state index < -0.39 is 0 Å². The van der Waals surface area contributed by atoms with Crippen molar-refractivity contribution < 1.29 is 0 Å². The van der Waals surface area contributed by atoms with Gasteiger partial charge < -0.3 is 5.32 Å². The fraction of sp³-hybridized carbons (Fsp3) is 0.538. The van der Waals surface area contributed by atoms with Gasteiger partial charge in [-0.25, -0.2) is 0 Å². The van der Waals surface area contributed by atoms with E-state index in [1.165, 1.54) is 6.42 Å². The summed E-state index contributed by atoms with van der Waals surface area (Å²) >= 11 is 0. The average molecular weight is 305 g/mol. The Morgan fingerprint density at radius 3 is 2.63 bits per heavy atom. The summed E-state index contributed by atoms with van der Waals surface area (Å²) in [5.74, 6) is 1.64. The van der Waals surface area contributed by atoms with Crippen LogP contribution < -0.4 is 5.32 Å². The lowest BCUT2D eigenvalue weighted by molar-refractivity contribution is 0.385. The van der Waals surface area contributed by atoms with E-state index in [-0.39, 0.29) is 24.8 Å². The Morgan fingerprint density at radius 1 is 1.21 bits per heavy atom. The third kappa shape index (κ3) is 4.34. The van der Waals surface area contributed by atoms with Crippen LogP contribution in [-0.4, -0.2) is 20.6 Å². The second kappa shape index (κ2) is 8.35. The highest BCUT2D eigenvalue weighted by Crippen LogP contribution is 2.08. The van der Waals surface area contributed by atoms with Gasteiger partial charge in [-0.2, -0.15) is 0 Å². The Hall–Kier alpha value is -0.840. The Labute approximate surface area is 126 Å². The number of pyridine rings is 1. The second-order valence-corrected chi connectivity index (χ2v) is 4.60. The summed E-state index contributed by atoms with van der Waals surface area (Å²) in [6.07, 6.45) is 3.19. The topological polar surface area (TPSA) is 42.2 Å². The second-order valence-electron chi connectivity index (χ2n) is 4.60. The van der Waals surface area contributed by atoms with Gasteiger partial charge in [-0.15, -0.1) is 35.0 Å². The number of fused-ring (bicyclic) bond motifs is 1. The summed E-state index contributed by atoms with van der Waals surface area (Å²) in [7, 11) is 0. The highest BCUT2D eigenvalue weighted by molar-refractivity contribution is 5.85. The quantitative estimate of drug-likeness (QED) is 0.923. The molecule has 2 aromatic heterocycles. The molecule has 0 saturated carbocycles. The summed E-state index contributed by atoms with van der Waals surface area (Å²) in [6, 6.07) is 6.44. The van der Waals surface area contributed by atoms with Crippen LogP contribution in [0.4, 0.5) is 0 Å². The van der Waals surface area contributed by atoms with Crippen molar-refractivity contribution in [2.24, 2.45) is 5.92 Å². The molecular formula is C13H22Cl2N4. The first-order valence-corrected chi connectivity index (χ1v) is 6.24. The van der Waals surface area contributed by atoms with Crippen LogP contribution in [0.2, 0.25) is 0 Å². The molecule has 0 aromatic carbocycles. The van der Waals surface area contributed by atoms with Gasteiger partial charge >= 0.3 is 0 Å². The largest absolute Gasteiger partial charge is 0.307 e. The van der Waals surface area contributed by atoms with Gasteiger partial charge in [-0.05, 0) is 25.0 Å². The predicted molar refractivity (Wildman–Crippen MR) is 83.2 cm³/mol. The zero-order valence-corrected chi connectivity index (χ0v) is 13.2. The monoisotopic (exact) mass is 304 g/mol. The summed E-state index contributed by atoms with van der Waals surface area (Å²) in [4.78, 5) is 0. The third-order valence-electron chi connectivity index (χ3n) is 3.46. The van der Waals surface area contributed by atoms with Crippen molar-refractivity contribution in [3.05, 3.63) is 30.2 Å². The Morgan fingerprint density at radius 2 is 1.95 bits per heavy atom. The fourth-order valence-corrected chi connectivity index (χ4v) is 1.82. The number of nitrogens with one attached hydrogen (secondary N) is 1. The third-order valence-corrected chi connectivity index (χ3v) is 3.46. The van der Waals surface area contributed by atoms with Crippen molar-refractivity contribution in [2.45, 2.75) is 39.8 Å². The molecule has 0 aliphatic heterocycles. The van der Waals surface area contributed by atoms with Crippen molar-refractivity contribution in [1.82, 2.24) is 19.9 Å². The molecule has 2 unspecified atom stereocenters. The molecular weight excluding hydrogens is 283 g/mol. The van der Waals surface area contributed by atoms with Crippen LogP contribution >= 0.6 is 24.8 Å². The molecule has 19 heavy (non-hydrogen) atoms. The van der Waals surface area contributed by atoms with E-state index in [9.17, 15) is 0 Å². The standard InChI is InChI=1S/C13H20N4.2ClH/c1-4-10(2)11(3)14-9-13-16-15-12-7-5-6-8-17(12)13;;/h5-8,10-11,14H,4,9H2,1-3H3;2*1H. The zero-order valence-electron chi connectivity index (χ0n) is 11.5. The molecule has 2 rings (SSSR count). The van der Waals surface area contributed by atoms with Crippen LogP contribution in [0.5, 0.6) is 0 Å². The molecule has 0 aliphatic rings. The Bertz CT molecular complexity index is 486. The molecule has 0 spiro atoms. The molecule has 1 N–H and O–H groups in total. The lowest BCUT2D eigenvalue weighted by Crippen LogP contribution is -2.31. The van der Waals surface area contributed by atoms with E-state index in [4.69, 9.17) is 0 Å². The van der Waals surface area contributed by atoms with Crippen molar-refractivity contribution in [3.8, 4) is 0 Å². The van der Waals surface area contributed by atoms with Gasteiger partial charge in [0.2, 0.25) is 0 Å². The number of halogens is 2. The predicted octanol–water partition coefficient (Wildman–Crippen LogP) is 3.10. The van der Waals surface area contributed by atoms with Gasteiger partial charge in [0.1, 0.15) is 0 Å². The van der Waals surface area contributed by atoms with Gasteiger partial charge in [-0.1, -0.05) is 26.3 Å². The van der Waals surface area contributed by atoms with Gasteiger partial charge in [0, 0.05) is 12.2 Å². The first-order chi connectivity index (χ1) is 8.22. The lowest BCUT2D eigenvalue weighted by Gasteiger charge is -2.19. The highest BCUT2D eigenvalue weighted by atomic mass is 35.5. The molecule has 2 aromatic rings. The molecule has 4 nitrogen and oxygen atoms in total. The van der Waals surface area contributed by atoms with E-state index in [1.807, 2.05) is 28.8 Å². The average Bonchev–Trinajstić information content (AvgIpc) is 2.78. The normalized spacial score (nSPS) is 13.4. The van der Waals surface area contributed by atoms with Gasteiger partial charge in [-0.3, -0.25) is 4.40 Å². The zero-order chi connectivity index (χ0) is 12.3. The first kappa shape index (κ1) is 18.2. The molecule has 108 valence electrons. The summed E-state index contributed by atoms with van der Waals surface area (Å²) in [5.41, 5.74) is 0.903. The molecule has 0 bridgehead atoms. The SMILES string of the molecule is CCC(C)C(C)NCc1nnc2ccccn12.Cl.Cl. The van der Waals surface area contributed by atoms with Crippen molar-refractivity contribution in [2.75, 3.05) is 0 Å². The van der Waals surface area contributed by atoms with Crippen LogP contribution in [0.25, 0.3) is 5.65 Å². The minimum atomic E-state index is 0. The van der Waals surface area contributed by atoms with Crippen molar-refractivity contribution >= 4 is 30.5 Å². The van der Waals surface area contributed by atoms with E-state index in [2.05, 4.69) is 36.3 Å². The van der Waals surface area contributed by atoms with Crippen LogP contribution in [-0.2, 0) is 6.54 Å². The molecule has 6 heteroatoms. The molecule has 0 saturated heterocycles. The molecule has 0 fully saturated rings. The van der Waals surface area contributed by atoms with Gasteiger partial charge in [0.15, 0.2) is 11.5 Å². The summed E-state index contributed by atoms with van der Waals surface area (Å²) in [6.45, 7) is 7.46. The van der Waals surface area contributed by atoms with Crippen molar-refractivity contribution in [3.63, 3.8) is 0 Å². The maximum absolute atomic E-state index is 4.20. The molecule has 0 radical (unpaired) electrons. The van der Waals surface area contributed by atoms with E-state index in [0.29, 0.717) is 12.0 Å². The number of hydrogen-bond donors (Lipinski definition) is 1. The smallest absolute Gasteiger partial charge is 0.160 e. The van der Waals surface area contributed by atoms with E-state index in [1.54, 1.807) is 0 Å². The number of hydrogen-bond acceptors (Lipinski definition) is 3. The molecule has 2 atom stereocenters. The molecule has 0 amide bonds. The lowest BCUT2D eigenvalue weighted by atomic mass is 10.0. The maximum Gasteiger partial charge on any atom is 0.160 e. The van der Waals surface area contributed by atoms with Gasteiger partial charge in [0.25, 0.3) is 0 Å². The first-order valence-electron chi connectivity index (χ1n) is 6.24. The van der Waals surface area contributed by atoms with Crippen molar-refractivity contribution in [1.29, 1.82) is 0 Å². The molecule has 2 heterocycles. The minimum Gasteiger partial charge on any atom is -0.307 e. The summed E-state index contributed by atoms with van der Waals surface area (Å²) in [5, 5.41) is 11.8. The Balaban J connectivity index is 0.00000162. The van der Waals surface area contributed by atoms with Gasteiger partial charge in [0.05, 0.1) is 6.54 Å².